The van der Waals surface area contributed by atoms with Crippen molar-refractivity contribution in [2.75, 3.05) is 14.1 Å². The molecule has 2 nitrogen and oxygen atoms in total. The molecule has 0 heterocycles. The number of hydrogen-bond acceptors (Lipinski definition) is 2. The summed E-state index contributed by atoms with van der Waals surface area (Å²) in [5.41, 5.74) is -0.222. The number of hydrogen-bond donors (Lipinski definition) is 0. The Balaban J connectivity index is -0.000000142. The maximum Gasteiger partial charge on any atom is 0 e. The van der Waals surface area contributed by atoms with Crippen LogP contribution in [0.3, 0.4) is 0 Å². The second kappa shape index (κ2) is 9.82. The molecule has 0 aromatic rings. The van der Waals surface area contributed by atoms with Crippen LogP contribution in [0.2, 0.25) is 0 Å². The van der Waals surface area contributed by atoms with Crippen LogP contribution in [-0.4, -0.2) is 25.3 Å². The first-order chi connectivity index (χ1) is 4.85. The molecule has 0 spiro atoms. The van der Waals surface area contributed by atoms with Crippen molar-refractivity contribution in [3.8, 4) is 0 Å². The van der Waals surface area contributed by atoms with Crippen molar-refractivity contribution in [3.63, 3.8) is 0 Å². The summed E-state index contributed by atoms with van der Waals surface area (Å²) in [4.78, 5) is 11.7. The molecule has 0 amide bonds. The molecule has 0 aliphatic heterocycles. The van der Waals surface area contributed by atoms with Crippen LogP contribution in [0, 0.1) is 12.5 Å². The Labute approximate surface area is 102 Å². The normalized spacial score (nSPS) is 9.58. The average molecular weight is 246 g/mol. The van der Waals surface area contributed by atoms with Crippen LogP contribution in [0.5, 0.6) is 0 Å². The number of carbonyl (C=O) groups excluding carboxylic acids is 1. The smallest absolute Gasteiger partial charge is 0 e. The fraction of sp³-hybridized carbons (Fsp3) is 0.778. The van der Waals surface area contributed by atoms with Gasteiger partial charge in [0.05, 0.1) is 0 Å². The zero-order valence-corrected chi connectivity index (χ0v) is 11.7. The van der Waals surface area contributed by atoms with E-state index in [0.717, 1.165) is 6.42 Å². The van der Waals surface area contributed by atoms with Crippen molar-refractivity contribution < 1.29 is 37.5 Å². The summed E-state index contributed by atoms with van der Waals surface area (Å²) < 4.78 is 0. The van der Waals surface area contributed by atoms with E-state index in [1.54, 1.807) is 4.90 Å². The first-order valence-electron chi connectivity index (χ1n) is 3.73. The maximum atomic E-state index is 9.93. The first-order valence-corrected chi connectivity index (χ1v) is 3.73. The summed E-state index contributed by atoms with van der Waals surface area (Å²) in [6.45, 7) is 5.73. The van der Waals surface area contributed by atoms with Gasteiger partial charge in [0.25, 0.3) is 0 Å². The molecular formula is C9H19NOY-2. The van der Waals surface area contributed by atoms with Gasteiger partial charge in [0, 0.05) is 32.7 Å². The van der Waals surface area contributed by atoms with Crippen LogP contribution in [0.1, 0.15) is 27.2 Å². The standard InChI is InChI=1S/C6H11O.C3H8N.Y/c1-4-6(2,3)5-7;1-4(2)3;/h4H2,1-3H3;1H2,2-3H3;/q2*-1;. The maximum absolute atomic E-state index is 9.93. The molecular weight excluding hydrogens is 227 g/mol. The Morgan fingerprint density at radius 3 is 1.67 bits per heavy atom. The van der Waals surface area contributed by atoms with E-state index < -0.39 is 0 Å². The van der Waals surface area contributed by atoms with Crippen LogP contribution in [0.4, 0.5) is 0 Å². The third-order valence-electron chi connectivity index (χ3n) is 1.16. The predicted molar refractivity (Wildman–Crippen MR) is 48.8 cm³/mol. The van der Waals surface area contributed by atoms with E-state index in [1.807, 2.05) is 41.2 Å². The Hall–Kier alpha value is 0.734. The molecule has 0 aliphatic carbocycles. The van der Waals surface area contributed by atoms with Gasteiger partial charge in [-0.1, -0.05) is 27.2 Å². The molecule has 0 aromatic heterocycles. The van der Waals surface area contributed by atoms with Crippen molar-refractivity contribution in [2.24, 2.45) is 5.41 Å². The Morgan fingerprint density at radius 2 is 1.67 bits per heavy atom. The summed E-state index contributed by atoms with van der Waals surface area (Å²) in [6, 6.07) is 0. The molecule has 1 radical (unpaired) electrons. The van der Waals surface area contributed by atoms with Crippen molar-refractivity contribution in [1.29, 1.82) is 0 Å². The van der Waals surface area contributed by atoms with Crippen LogP contribution >= 0.6 is 0 Å². The summed E-state index contributed by atoms with van der Waals surface area (Å²) >= 11 is 0. The van der Waals surface area contributed by atoms with E-state index in [4.69, 9.17) is 0 Å². The molecule has 71 valence electrons. The van der Waals surface area contributed by atoms with Gasteiger partial charge in [0.1, 0.15) is 0 Å². The van der Waals surface area contributed by atoms with Gasteiger partial charge in [-0.15, -0.1) is 5.41 Å². The zero-order chi connectivity index (χ0) is 9.49. The molecule has 0 unspecified atom stereocenters. The van der Waals surface area contributed by atoms with E-state index >= 15 is 0 Å². The minimum absolute atomic E-state index is 0. The first kappa shape index (κ1) is 18.5. The molecule has 0 aromatic carbocycles. The van der Waals surface area contributed by atoms with Gasteiger partial charge in [-0.25, -0.2) is 0 Å². The summed E-state index contributed by atoms with van der Waals surface area (Å²) in [6.07, 6.45) is 2.81. The molecule has 0 saturated heterocycles. The number of rotatable bonds is 2. The van der Waals surface area contributed by atoms with Gasteiger partial charge in [-0.3, -0.25) is 13.3 Å². The second-order valence-corrected chi connectivity index (χ2v) is 3.42. The van der Waals surface area contributed by atoms with Gasteiger partial charge >= 0.3 is 0 Å². The minimum Gasteiger partial charge on any atom is -0.541 e. The quantitative estimate of drug-likeness (QED) is 0.693. The van der Waals surface area contributed by atoms with Gasteiger partial charge in [-0.05, 0) is 14.1 Å². The van der Waals surface area contributed by atoms with Gasteiger partial charge in [-0.2, -0.15) is 0 Å². The molecule has 0 rings (SSSR count). The van der Waals surface area contributed by atoms with Gasteiger partial charge in [0.2, 0.25) is 0 Å². The van der Waals surface area contributed by atoms with E-state index in [9.17, 15) is 4.79 Å². The Bertz CT molecular complexity index is 99.9. The van der Waals surface area contributed by atoms with Crippen LogP contribution < -0.4 is 0 Å². The molecule has 3 heteroatoms. The summed E-state index contributed by atoms with van der Waals surface area (Å²) in [5.74, 6) is 0. The molecule has 0 aliphatic rings. The van der Waals surface area contributed by atoms with Crippen molar-refractivity contribution >= 4 is 6.29 Å². The SMILES string of the molecule is CCC(C)(C)[C-]=O.[CH2-]N(C)C.[Y]. The van der Waals surface area contributed by atoms with E-state index in [2.05, 4.69) is 7.05 Å². The van der Waals surface area contributed by atoms with Crippen molar-refractivity contribution in [2.45, 2.75) is 27.2 Å². The fourth-order valence-corrected chi connectivity index (χ4v) is 0.0722. The fourth-order valence-electron chi connectivity index (χ4n) is 0.0722. The molecule has 0 N–H and O–H groups in total. The summed E-state index contributed by atoms with van der Waals surface area (Å²) in [5, 5.41) is 0. The van der Waals surface area contributed by atoms with Crippen LogP contribution in [0.25, 0.3) is 0 Å². The van der Waals surface area contributed by atoms with Crippen molar-refractivity contribution in [3.05, 3.63) is 7.05 Å². The monoisotopic (exact) mass is 246 g/mol. The van der Waals surface area contributed by atoms with E-state index in [1.165, 1.54) is 0 Å². The third kappa shape index (κ3) is 22.4. The van der Waals surface area contributed by atoms with Crippen molar-refractivity contribution in [1.82, 2.24) is 4.90 Å². The second-order valence-electron chi connectivity index (χ2n) is 3.42. The Morgan fingerprint density at radius 1 is 1.42 bits per heavy atom. The zero-order valence-electron chi connectivity index (χ0n) is 8.85. The molecule has 0 saturated carbocycles. The van der Waals surface area contributed by atoms with Crippen LogP contribution in [0.15, 0.2) is 0 Å². The molecule has 12 heavy (non-hydrogen) atoms. The predicted octanol–water partition coefficient (Wildman–Crippen LogP) is 1.87. The summed E-state index contributed by atoms with van der Waals surface area (Å²) in [7, 11) is 7.25. The molecule has 0 fully saturated rings. The third-order valence-corrected chi connectivity index (χ3v) is 1.16. The molecule has 0 bridgehead atoms. The van der Waals surface area contributed by atoms with E-state index in [-0.39, 0.29) is 38.1 Å². The van der Waals surface area contributed by atoms with Gasteiger partial charge in [0.15, 0.2) is 0 Å². The number of nitrogens with zero attached hydrogens (tertiary/aromatic N) is 1. The van der Waals surface area contributed by atoms with Gasteiger partial charge < -0.3 is 9.69 Å². The minimum atomic E-state index is -0.222. The Kier molecular flexibility index (Phi) is 15.1. The largest absolute Gasteiger partial charge is 0.541 e. The van der Waals surface area contributed by atoms with Crippen LogP contribution in [-0.2, 0) is 37.5 Å². The molecule has 0 atom stereocenters. The topological polar surface area (TPSA) is 20.3 Å². The van der Waals surface area contributed by atoms with E-state index in [0.29, 0.717) is 0 Å². The average Bonchev–Trinajstić information content (AvgIpc) is 1.87.